The van der Waals surface area contributed by atoms with Gasteiger partial charge in [0.25, 0.3) is 0 Å². The molecule has 2 aromatic rings. The fourth-order valence-electron chi connectivity index (χ4n) is 2.04. The summed E-state index contributed by atoms with van der Waals surface area (Å²) in [5.74, 6) is 1.43. The van der Waals surface area contributed by atoms with Crippen LogP contribution < -0.4 is 15.4 Å². The van der Waals surface area contributed by atoms with Gasteiger partial charge in [-0.05, 0) is 36.6 Å². The van der Waals surface area contributed by atoms with E-state index in [1.807, 2.05) is 36.2 Å². The van der Waals surface area contributed by atoms with Gasteiger partial charge in [0.05, 0.1) is 7.11 Å². The summed E-state index contributed by atoms with van der Waals surface area (Å²) >= 11 is 5.82. The van der Waals surface area contributed by atoms with Gasteiger partial charge in [-0.15, -0.1) is 0 Å². The predicted molar refractivity (Wildman–Crippen MR) is 83.8 cm³/mol. The van der Waals surface area contributed by atoms with Crippen molar-refractivity contribution in [3.8, 4) is 5.75 Å². The third-order valence-corrected chi connectivity index (χ3v) is 3.47. The highest BCUT2D eigenvalue weighted by atomic mass is 35.5. The van der Waals surface area contributed by atoms with Crippen LogP contribution in [0.25, 0.3) is 0 Å². The molecule has 1 unspecified atom stereocenters. The van der Waals surface area contributed by atoms with Crippen LogP contribution in [0.1, 0.15) is 12.5 Å². The van der Waals surface area contributed by atoms with E-state index < -0.39 is 0 Å². The molecular weight excluding hydrogens is 290 g/mol. The molecule has 0 aliphatic heterocycles. The van der Waals surface area contributed by atoms with Crippen LogP contribution >= 0.6 is 11.6 Å². The van der Waals surface area contributed by atoms with Gasteiger partial charge in [0.15, 0.2) is 0 Å². The summed E-state index contributed by atoms with van der Waals surface area (Å²) in [7, 11) is 3.56. The van der Waals surface area contributed by atoms with Crippen molar-refractivity contribution in [3.05, 3.63) is 35.1 Å². The van der Waals surface area contributed by atoms with Gasteiger partial charge < -0.3 is 15.4 Å². The second-order valence-corrected chi connectivity index (χ2v) is 5.08. The second-order valence-electron chi connectivity index (χ2n) is 4.74. The Morgan fingerprint density at radius 3 is 2.67 bits per heavy atom. The number of hydrogen-bond acceptors (Lipinski definition) is 6. The lowest BCUT2D eigenvalue weighted by Crippen LogP contribution is -2.32. The third kappa shape index (κ3) is 3.72. The van der Waals surface area contributed by atoms with Crippen LogP contribution in [0.3, 0.4) is 0 Å². The lowest BCUT2D eigenvalue weighted by Gasteiger charge is -2.25. The van der Waals surface area contributed by atoms with E-state index in [0.717, 1.165) is 17.7 Å². The zero-order chi connectivity index (χ0) is 15.4. The summed E-state index contributed by atoms with van der Waals surface area (Å²) in [5, 5.41) is 0.0915. The van der Waals surface area contributed by atoms with E-state index in [9.17, 15) is 0 Å². The van der Waals surface area contributed by atoms with Crippen LogP contribution in [0.5, 0.6) is 5.75 Å². The first-order valence-corrected chi connectivity index (χ1v) is 6.91. The molecule has 1 heterocycles. The molecule has 0 radical (unpaired) electrons. The zero-order valence-electron chi connectivity index (χ0n) is 12.2. The molecular formula is C14H18ClN5O. The molecule has 1 aromatic carbocycles. The van der Waals surface area contributed by atoms with Crippen LogP contribution in [0.15, 0.2) is 24.3 Å². The molecule has 2 rings (SSSR count). The maximum atomic E-state index is 5.82. The van der Waals surface area contributed by atoms with Crippen LogP contribution in [-0.4, -0.2) is 35.2 Å². The summed E-state index contributed by atoms with van der Waals surface area (Å²) in [4.78, 5) is 13.9. The Balaban J connectivity index is 2.17. The van der Waals surface area contributed by atoms with Crippen molar-refractivity contribution in [1.29, 1.82) is 0 Å². The molecule has 112 valence electrons. The van der Waals surface area contributed by atoms with Crippen molar-refractivity contribution in [1.82, 2.24) is 15.0 Å². The molecule has 0 saturated carbocycles. The fourth-order valence-corrected chi connectivity index (χ4v) is 2.20. The standard InChI is InChI=1S/C14H18ClN5O/c1-9(8-10-6-4-5-7-11(10)21-3)20(2)14-18-12(15)17-13(16)19-14/h4-7,9H,8H2,1-3H3,(H2,16,17,18,19). The van der Waals surface area contributed by atoms with Gasteiger partial charge in [0, 0.05) is 13.1 Å². The molecule has 0 aliphatic rings. The maximum Gasteiger partial charge on any atom is 0.231 e. The molecule has 6 nitrogen and oxygen atoms in total. The minimum absolute atomic E-state index is 0.0915. The van der Waals surface area contributed by atoms with E-state index in [0.29, 0.717) is 5.95 Å². The maximum absolute atomic E-state index is 5.82. The van der Waals surface area contributed by atoms with Crippen molar-refractivity contribution < 1.29 is 4.74 Å². The van der Waals surface area contributed by atoms with E-state index in [1.54, 1.807) is 7.11 Å². The van der Waals surface area contributed by atoms with Crippen molar-refractivity contribution in [2.24, 2.45) is 0 Å². The fraction of sp³-hybridized carbons (Fsp3) is 0.357. The number of para-hydroxylation sites is 1. The number of halogens is 1. The number of aromatic nitrogens is 3. The Hall–Kier alpha value is -2.08. The van der Waals surface area contributed by atoms with Gasteiger partial charge in [-0.25, -0.2) is 0 Å². The highest BCUT2D eigenvalue weighted by Crippen LogP contribution is 2.22. The second kappa shape index (κ2) is 6.58. The molecule has 0 spiro atoms. The molecule has 0 aliphatic carbocycles. The number of rotatable bonds is 5. The van der Waals surface area contributed by atoms with Crippen LogP contribution in [0, 0.1) is 0 Å². The number of methoxy groups -OCH3 is 1. The first kappa shape index (κ1) is 15.3. The summed E-state index contributed by atoms with van der Waals surface area (Å²) in [6, 6.07) is 8.06. The highest BCUT2D eigenvalue weighted by Gasteiger charge is 2.16. The Morgan fingerprint density at radius 2 is 2.00 bits per heavy atom. The average Bonchev–Trinajstić information content (AvgIpc) is 2.46. The van der Waals surface area contributed by atoms with Gasteiger partial charge in [0.2, 0.25) is 17.2 Å². The minimum Gasteiger partial charge on any atom is -0.496 e. The predicted octanol–water partition coefficient (Wildman–Crippen LogP) is 2.18. The number of likely N-dealkylation sites (N-methyl/N-ethyl adjacent to an activating group) is 1. The van der Waals surface area contributed by atoms with E-state index >= 15 is 0 Å². The Morgan fingerprint density at radius 1 is 1.29 bits per heavy atom. The van der Waals surface area contributed by atoms with Crippen molar-refractivity contribution in [3.63, 3.8) is 0 Å². The number of benzene rings is 1. The quantitative estimate of drug-likeness (QED) is 0.912. The molecule has 1 atom stereocenters. The summed E-state index contributed by atoms with van der Waals surface area (Å²) in [6.45, 7) is 2.07. The molecule has 0 saturated heterocycles. The molecule has 2 N–H and O–H groups in total. The smallest absolute Gasteiger partial charge is 0.231 e. The van der Waals surface area contributed by atoms with E-state index in [-0.39, 0.29) is 17.3 Å². The van der Waals surface area contributed by atoms with Crippen LogP contribution in [0.4, 0.5) is 11.9 Å². The zero-order valence-corrected chi connectivity index (χ0v) is 13.0. The number of nitrogen functional groups attached to an aromatic ring is 1. The first-order chi connectivity index (χ1) is 10.0. The molecule has 21 heavy (non-hydrogen) atoms. The van der Waals surface area contributed by atoms with Gasteiger partial charge in [-0.2, -0.15) is 15.0 Å². The van der Waals surface area contributed by atoms with E-state index in [1.165, 1.54) is 0 Å². The Labute approximate surface area is 128 Å². The van der Waals surface area contributed by atoms with E-state index in [2.05, 4.69) is 21.9 Å². The van der Waals surface area contributed by atoms with Crippen molar-refractivity contribution in [2.75, 3.05) is 24.8 Å². The molecule has 7 heteroatoms. The number of hydrogen-bond donors (Lipinski definition) is 1. The normalized spacial score (nSPS) is 12.0. The third-order valence-electron chi connectivity index (χ3n) is 3.30. The molecule has 0 amide bonds. The van der Waals surface area contributed by atoms with Gasteiger partial charge >= 0.3 is 0 Å². The number of ether oxygens (including phenoxy) is 1. The Bertz CT molecular complexity index is 602. The SMILES string of the molecule is COc1ccccc1CC(C)N(C)c1nc(N)nc(Cl)n1. The topological polar surface area (TPSA) is 77.2 Å². The van der Waals surface area contributed by atoms with Crippen molar-refractivity contribution >= 4 is 23.5 Å². The highest BCUT2D eigenvalue weighted by molar-refractivity contribution is 6.28. The number of anilines is 2. The number of nitrogens with two attached hydrogens (primary N) is 1. The minimum atomic E-state index is 0.0915. The summed E-state index contributed by atoms with van der Waals surface area (Å²) in [6.07, 6.45) is 0.781. The van der Waals surface area contributed by atoms with Gasteiger partial charge in [0.1, 0.15) is 5.75 Å². The average molecular weight is 308 g/mol. The molecule has 0 bridgehead atoms. The Kier molecular flexibility index (Phi) is 4.80. The lowest BCUT2D eigenvalue weighted by molar-refractivity contribution is 0.408. The molecule has 0 fully saturated rings. The van der Waals surface area contributed by atoms with Crippen LogP contribution in [0.2, 0.25) is 5.28 Å². The van der Waals surface area contributed by atoms with Crippen molar-refractivity contribution in [2.45, 2.75) is 19.4 Å². The first-order valence-electron chi connectivity index (χ1n) is 6.53. The van der Waals surface area contributed by atoms with Gasteiger partial charge in [-0.3, -0.25) is 0 Å². The van der Waals surface area contributed by atoms with Gasteiger partial charge in [-0.1, -0.05) is 18.2 Å². The lowest BCUT2D eigenvalue weighted by atomic mass is 10.1. The monoisotopic (exact) mass is 307 g/mol. The summed E-state index contributed by atoms with van der Waals surface area (Å²) in [5.41, 5.74) is 6.72. The van der Waals surface area contributed by atoms with E-state index in [4.69, 9.17) is 22.1 Å². The largest absolute Gasteiger partial charge is 0.496 e. The number of nitrogens with zero attached hydrogens (tertiary/aromatic N) is 4. The summed E-state index contributed by atoms with van der Waals surface area (Å²) < 4.78 is 5.37. The molecule has 1 aromatic heterocycles. The van der Waals surface area contributed by atoms with Crippen LogP contribution in [-0.2, 0) is 6.42 Å².